The SMILES string of the molecule is O=C(O)OCCC(F)(Cl)Cl. The Balaban J connectivity index is 3.29. The molecule has 0 aliphatic carbocycles. The summed E-state index contributed by atoms with van der Waals surface area (Å²) in [4.78, 5) is 9.65. The molecule has 0 aliphatic heterocycles. The van der Waals surface area contributed by atoms with Gasteiger partial charge in [-0.05, 0) is 0 Å². The number of carbonyl (C=O) groups is 1. The Morgan fingerprint density at radius 1 is 1.70 bits per heavy atom. The second kappa shape index (κ2) is 3.83. The van der Waals surface area contributed by atoms with Gasteiger partial charge < -0.3 is 9.84 Å². The Hall–Kier alpha value is -0.220. The number of rotatable bonds is 3. The molecular weight excluding hydrogens is 186 g/mol. The highest BCUT2D eigenvalue weighted by atomic mass is 35.5. The highest BCUT2D eigenvalue weighted by Gasteiger charge is 2.22. The lowest BCUT2D eigenvalue weighted by molar-refractivity contribution is 0.0856. The molecule has 0 radical (unpaired) electrons. The van der Waals surface area contributed by atoms with Crippen LogP contribution in [0.15, 0.2) is 0 Å². The van der Waals surface area contributed by atoms with E-state index in [-0.39, 0.29) is 13.0 Å². The van der Waals surface area contributed by atoms with Gasteiger partial charge in [-0.25, -0.2) is 9.18 Å². The molecule has 0 aromatic rings. The van der Waals surface area contributed by atoms with E-state index < -0.39 is 10.7 Å². The van der Waals surface area contributed by atoms with Crippen LogP contribution in [0, 0.1) is 0 Å². The van der Waals surface area contributed by atoms with Gasteiger partial charge in [0.25, 0.3) is 4.59 Å². The fourth-order valence-corrected chi connectivity index (χ4v) is 0.408. The van der Waals surface area contributed by atoms with Crippen LogP contribution in [0.2, 0.25) is 0 Å². The number of ether oxygens (including phenoxy) is 1. The van der Waals surface area contributed by atoms with E-state index in [9.17, 15) is 9.18 Å². The maximum Gasteiger partial charge on any atom is 0.505 e. The molecule has 0 saturated carbocycles. The molecule has 1 N–H and O–H groups in total. The fraction of sp³-hybridized carbons (Fsp3) is 0.750. The molecular formula is C4H5Cl2FO3. The molecule has 0 heterocycles. The third-order valence-electron chi connectivity index (χ3n) is 0.611. The van der Waals surface area contributed by atoms with Crippen LogP contribution in [-0.4, -0.2) is 22.5 Å². The van der Waals surface area contributed by atoms with E-state index >= 15 is 0 Å². The molecule has 0 unspecified atom stereocenters. The molecule has 0 rings (SSSR count). The molecule has 3 nitrogen and oxygen atoms in total. The normalized spacial score (nSPS) is 11.1. The lowest BCUT2D eigenvalue weighted by Crippen LogP contribution is -2.11. The topological polar surface area (TPSA) is 46.5 Å². The molecule has 0 spiro atoms. The minimum Gasteiger partial charge on any atom is -0.450 e. The average molecular weight is 191 g/mol. The zero-order valence-corrected chi connectivity index (χ0v) is 6.32. The first-order valence-electron chi connectivity index (χ1n) is 2.34. The molecule has 10 heavy (non-hydrogen) atoms. The van der Waals surface area contributed by atoms with Gasteiger partial charge in [0.15, 0.2) is 0 Å². The van der Waals surface area contributed by atoms with Crippen LogP contribution in [0.4, 0.5) is 9.18 Å². The summed E-state index contributed by atoms with van der Waals surface area (Å²) in [5, 5.41) is 7.88. The predicted octanol–water partition coefficient (Wildman–Crippen LogP) is 2.17. The van der Waals surface area contributed by atoms with Crippen LogP contribution in [0.1, 0.15) is 6.42 Å². The quantitative estimate of drug-likeness (QED) is 0.549. The van der Waals surface area contributed by atoms with Crippen molar-refractivity contribution in [3.63, 3.8) is 0 Å². The molecule has 0 fully saturated rings. The summed E-state index contributed by atoms with van der Waals surface area (Å²) < 4.78 is 13.6. The van der Waals surface area contributed by atoms with E-state index in [2.05, 4.69) is 4.74 Å². The van der Waals surface area contributed by atoms with Crippen molar-refractivity contribution in [1.29, 1.82) is 0 Å². The molecule has 0 atom stereocenters. The molecule has 0 bridgehead atoms. The highest BCUT2D eigenvalue weighted by molar-refractivity contribution is 6.47. The summed E-state index contributed by atoms with van der Waals surface area (Å²) in [6.45, 7) is -0.348. The van der Waals surface area contributed by atoms with Gasteiger partial charge in [0.2, 0.25) is 0 Å². The summed E-state index contributed by atoms with van der Waals surface area (Å²) >= 11 is 9.68. The minimum atomic E-state index is -2.41. The van der Waals surface area contributed by atoms with Gasteiger partial charge in [-0.15, -0.1) is 0 Å². The van der Waals surface area contributed by atoms with Crippen molar-refractivity contribution >= 4 is 29.4 Å². The Bertz CT molecular complexity index is 122. The number of hydrogen-bond acceptors (Lipinski definition) is 2. The maximum atomic E-state index is 12.1. The van der Waals surface area contributed by atoms with Gasteiger partial charge >= 0.3 is 6.16 Å². The second-order valence-corrected chi connectivity index (χ2v) is 2.87. The largest absolute Gasteiger partial charge is 0.505 e. The van der Waals surface area contributed by atoms with Gasteiger partial charge in [0, 0.05) is 6.42 Å². The van der Waals surface area contributed by atoms with Gasteiger partial charge in [-0.1, -0.05) is 23.2 Å². The van der Waals surface area contributed by atoms with Crippen molar-refractivity contribution in [2.24, 2.45) is 0 Å². The molecule has 6 heteroatoms. The van der Waals surface area contributed by atoms with E-state index in [1.54, 1.807) is 0 Å². The highest BCUT2D eigenvalue weighted by Crippen LogP contribution is 2.26. The lowest BCUT2D eigenvalue weighted by Gasteiger charge is -2.06. The van der Waals surface area contributed by atoms with Crippen molar-refractivity contribution in [1.82, 2.24) is 0 Å². The third kappa shape index (κ3) is 7.78. The van der Waals surface area contributed by atoms with E-state index in [0.29, 0.717) is 0 Å². The zero-order chi connectivity index (χ0) is 8.20. The first-order chi connectivity index (χ1) is 4.42. The summed E-state index contributed by atoms with van der Waals surface area (Å²) in [6, 6.07) is 0. The van der Waals surface area contributed by atoms with E-state index in [0.717, 1.165) is 0 Å². The molecule has 0 aromatic heterocycles. The van der Waals surface area contributed by atoms with Gasteiger partial charge in [-0.2, -0.15) is 0 Å². The van der Waals surface area contributed by atoms with Gasteiger partial charge in [0.1, 0.15) is 6.61 Å². The summed E-state index contributed by atoms with van der Waals surface area (Å²) in [5.41, 5.74) is 0. The summed E-state index contributed by atoms with van der Waals surface area (Å²) in [5.74, 6) is 0. The number of alkyl halides is 3. The fourth-order valence-electron chi connectivity index (χ4n) is 0.254. The number of carboxylic acid groups (broad SMARTS) is 1. The van der Waals surface area contributed by atoms with Crippen molar-refractivity contribution in [2.45, 2.75) is 11.0 Å². The Morgan fingerprint density at radius 2 is 2.20 bits per heavy atom. The monoisotopic (exact) mass is 190 g/mol. The number of hydrogen-bond donors (Lipinski definition) is 1. The third-order valence-corrected chi connectivity index (χ3v) is 0.989. The number of halogens is 3. The molecule has 0 saturated heterocycles. The van der Waals surface area contributed by atoms with Crippen molar-refractivity contribution in [2.75, 3.05) is 6.61 Å². The average Bonchev–Trinajstić information content (AvgIpc) is 1.59. The molecule has 60 valence electrons. The van der Waals surface area contributed by atoms with Gasteiger partial charge in [-0.3, -0.25) is 0 Å². The molecule has 0 aliphatic rings. The summed E-state index contributed by atoms with van der Waals surface area (Å²) in [7, 11) is 0. The van der Waals surface area contributed by atoms with Crippen LogP contribution in [0.5, 0.6) is 0 Å². The first-order valence-corrected chi connectivity index (χ1v) is 3.10. The van der Waals surface area contributed by atoms with E-state index in [4.69, 9.17) is 28.3 Å². The Kier molecular flexibility index (Phi) is 3.75. The van der Waals surface area contributed by atoms with Gasteiger partial charge in [0.05, 0.1) is 0 Å². The minimum absolute atomic E-state index is 0.348. The van der Waals surface area contributed by atoms with Crippen LogP contribution in [-0.2, 0) is 4.74 Å². The van der Waals surface area contributed by atoms with Crippen LogP contribution in [0.25, 0.3) is 0 Å². The van der Waals surface area contributed by atoms with E-state index in [1.165, 1.54) is 0 Å². The van der Waals surface area contributed by atoms with Crippen molar-refractivity contribution in [3.8, 4) is 0 Å². The molecule has 0 aromatic carbocycles. The van der Waals surface area contributed by atoms with Crippen LogP contribution in [0.3, 0.4) is 0 Å². The summed E-state index contributed by atoms with van der Waals surface area (Å²) in [6.07, 6.45) is -1.85. The second-order valence-electron chi connectivity index (χ2n) is 1.48. The molecule has 0 amide bonds. The first kappa shape index (κ1) is 9.78. The van der Waals surface area contributed by atoms with Crippen molar-refractivity contribution < 1.29 is 19.0 Å². The van der Waals surface area contributed by atoms with Crippen LogP contribution >= 0.6 is 23.2 Å². The van der Waals surface area contributed by atoms with Crippen LogP contribution < -0.4 is 0 Å². The smallest absolute Gasteiger partial charge is 0.450 e. The Labute approximate surface area is 66.7 Å². The maximum absolute atomic E-state index is 12.1. The Morgan fingerprint density at radius 3 is 2.50 bits per heavy atom. The standard InChI is InChI=1S/C4H5Cl2FO3/c5-4(6,7)1-2-10-3(8)9/h1-2H2,(H,8,9). The van der Waals surface area contributed by atoms with E-state index in [1.807, 2.05) is 0 Å². The predicted molar refractivity (Wildman–Crippen MR) is 34.1 cm³/mol. The lowest BCUT2D eigenvalue weighted by atomic mass is 10.5. The zero-order valence-electron chi connectivity index (χ0n) is 4.81. The van der Waals surface area contributed by atoms with Crippen molar-refractivity contribution in [3.05, 3.63) is 0 Å².